The molecule has 1 unspecified atom stereocenters. The minimum atomic E-state index is -0.354. The normalized spacial score (nSPS) is 18.1. The maximum Gasteiger partial charge on any atom is 0.204 e. The van der Waals surface area contributed by atoms with E-state index in [1.807, 2.05) is 18.2 Å². The molecule has 78 valence electrons. The molecule has 4 heteroatoms. The van der Waals surface area contributed by atoms with Gasteiger partial charge in [-0.25, -0.2) is 0 Å². The van der Waals surface area contributed by atoms with Gasteiger partial charge in [-0.05, 0) is 17.2 Å². The fraction of sp³-hybridized carbons (Fsp3) is 0.273. The zero-order valence-electron chi connectivity index (χ0n) is 8.00. The lowest BCUT2D eigenvalue weighted by Crippen LogP contribution is -2.15. The first-order valence-corrected chi connectivity index (χ1v) is 5.80. The van der Waals surface area contributed by atoms with Crippen molar-refractivity contribution in [3.63, 3.8) is 0 Å². The fourth-order valence-electron chi connectivity index (χ4n) is 1.80. The molecule has 0 aliphatic carbocycles. The Balaban J connectivity index is 2.39. The number of alkyl halides is 1. The van der Waals surface area contributed by atoms with E-state index in [9.17, 15) is 9.59 Å². The molecule has 0 amide bonds. The lowest BCUT2D eigenvalue weighted by Gasteiger charge is -2.05. The Hall–Kier alpha value is -1.16. The van der Waals surface area contributed by atoms with E-state index in [0.717, 1.165) is 22.1 Å². The minimum Gasteiger partial charge on any atom is -0.384 e. The highest BCUT2D eigenvalue weighted by molar-refractivity contribution is 9.08. The van der Waals surface area contributed by atoms with Gasteiger partial charge in [-0.3, -0.25) is 9.59 Å². The molecule has 1 aliphatic rings. The van der Waals surface area contributed by atoms with Crippen LogP contribution in [0.3, 0.4) is 0 Å². The number of halogens is 1. The number of carbonyl (C=O) groups excluding carboxylic acids is 2. The van der Waals surface area contributed by atoms with Crippen molar-refractivity contribution in [3.05, 3.63) is 29.3 Å². The van der Waals surface area contributed by atoms with Crippen LogP contribution in [-0.4, -0.2) is 18.6 Å². The molecule has 1 heterocycles. The van der Waals surface area contributed by atoms with Crippen molar-refractivity contribution in [2.24, 2.45) is 0 Å². The lowest BCUT2D eigenvalue weighted by atomic mass is 9.96. The predicted molar refractivity (Wildman–Crippen MR) is 61.4 cm³/mol. The van der Waals surface area contributed by atoms with E-state index in [1.165, 1.54) is 0 Å². The van der Waals surface area contributed by atoms with Crippen LogP contribution in [-0.2, 0) is 14.9 Å². The molecule has 1 atom stereocenters. The van der Waals surface area contributed by atoms with Crippen LogP contribution in [0.5, 0.6) is 0 Å². The first-order chi connectivity index (χ1) is 7.26. The zero-order valence-corrected chi connectivity index (χ0v) is 9.58. The average molecular weight is 268 g/mol. The van der Waals surface area contributed by atoms with Crippen LogP contribution in [0.1, 0.15) is 17.0 Å². The molecule has 0 spiro atoms. The maximum absolute atomic E-state index is 11.4. The number of anilines is 1. The number of nitrogens with one attached hydrogen (secondary N) is 1. The van der Waals surface area contributed by atoms with Gasteiger partial charge in [-0.2, -0.15) is 0 Å². The standard InChI is InChI=1S/C11H10BrNO2/c12-4-7-1-2-10-8(3-7)9(5-13-10)11(15)6-14/h1-3,6,9,13H,4-5H2. The van der Waals surface area contributed by atoms with E-state index < -0.39 is 0 Å². The van der Waals surface area contributed by atoms with E-state index in [1.54, 1.807) is 0 Å². The lowest BCUT2D eigenvalue weighted by molar-refractivity contribution is -0.130. The summed E-state index contributed by atoms with van der Waals surface area (Å²) in [6, 6.07) is 5.91. The second kappa shape index (κ2) is 4.14. The van der Waals surface area contributed by atoms with Crippen LogP contribution in [0.2, 0.25) is 0 Å². The number of fused-ring (bicyclic) bond motifs is 1. The van der Waals surface area contributed by atoms with Crippen molar-refractivity contribution in [2.75, 3.05) is 11.9 Å². The van der Waals surface area contributed by atoms with Crippen molar-refractivity contribution in [2.45, 2.75) is 11.2 Å². The van der Waals surface area contributed by atoms with Gasteiger partial charge in [0.05, 0.1) is 5.92 Å². The Labute approximate surface area is 96.0 Å². The Bertz CT molecular complexity index is 417. The monoisotopic (exact) mass is 267 g/mol. The number of ketones is 1. The molecule has 2 rings (SSSR count). The molecule has 15 heavy (non-hydrogen) atoms. The van der Waals surface area contributed by atoms with Gasteiger partial charge >= 0.3 is 0 Å². The van der Waals surface area contributed by atoms with Crippen LogP contribution >= 0.6 is 15.9 Å². The molecule has 0 saturated carbocycles. The highest BCUT2D eigenvalue weighted by atomic mass is 79.9. The summed E-state index contributed by atoms with van der Waals surface area (Å²) in [5, 5.41) is 3.87. The molecule has 1 N–H and O–H groups in total. The zero-order chi connectivity index (χ0) is 10.8. The van der Waals surface area contributed by atoms with Crippen molar-refractivity contribution in [3.8, 4) is 0 Å². The van der Waals surface area contributed by atoms with Crippen LogP contribution in [0.15, 0.2) is 18.2 Å². The highest BCUT2D eigenvalue weighted by Gasteiger charge is 2.27. The summed E-state index contributed by atoms with van der Waals surface area (Å²) in [7, 11) is 0. The molecule has 1 aromatic carbocycles. The Kier molecular flexibility index (Phi) is 2.86. The summed E-state index contributed by atoms with van der Waals surface area (Å²) >= 11 is 3.36. The Morgan fingerprint density at radius 3 is 3.07 bits per heavy atom. The number of benzene rings is 1. The topological polar surface area (TPSA) is 46.2 Å². The molecule has 0 fully saturated rings. The number of rotatable bonds is 3. The van der Waals surface area contributed by atoms with Crippen LogP contribution in [0, 0.1) is 0 Å². The number of carbonyl (C=O) groups is 2. The smallest absolute Gasteiger partial charge is 0.204 e. The summed E-state index contributed by atoms with van der Waals surface area (Å²) in [4.78, 5) is 21.8. The van der Waals surface area contributed by atoms with E-state index in [4.69, 9.17) is 0 Å². The van der Waals surface area contributed by atoms with Gasteiger partial charge in [-0.15, -0.1) is 0 Å². The van der Waals surface area contributed by atoms with E-state index in [2.05, 4.69) is 21.2 Å². The molecule has 0 radical (unpaired) electrons. The minimum absolute atomic E-state index is 0.309. The summed E-state index contributed by atoms with van der Waals surface area (Å²) in [5.41, 5.74) is 3.00. The quantitative estimate of drug-likeness (QED) is 0.517. The molecule has 0 saturated heterocycles. The molecule has 1 aliphatic heterocycles. The van der Waals surface area contributed by atoms with Crippen molar-refractivity contribution < 1.29 is 9.59 Å². The van der Waals surface area contributed by atoms with Crippen molar-refractivity contribution >= 4 is 33.7 Å². The van der Waals surface area contributed by atoms with E-state index in [0.29, 0.717) is 12.8 Å². The van der Waals surface area contributed by atoms with Crippen LogP contribution in [0.4, 0.5) is 5.69 Å². The fourth-order valence-corrected chi connectivity index (χ4v) is 2.15. The molecule has 3 nitrogen and oxygen atoms in total. The van der Waals surface area contributed by atoms with E-state index >= 15 is 0 Å². The van der Waals surface area contributed by atoms with Gasteiger partial charge in [0.25, 0.3) is 0 Å². The molecule has 0 bridgehead atoms. The Morgan fingerprint density at radius 1 is 1.60 bits per heavy atom. The van der Waals surface area contributed by atoms with Gasteiger partial charge in [0.2, 0.25) is 5.78 Å². The summed E-state index contributed by atoms with van der Waals surface area (Å²) in [6.45, 7) is 0.526. The van der Waals surface area contributed by atoms with Crippen molar-refractivity contribution in [1.29, 1.82) is 0 Å². The highest BCUT2D eigenvalue weighted by Crippen LogP contribution is 2.32. The average Bonchev–Trinajstić information content (AvgIpc) is 2.70. The van der Waals surface area contributed by atoms with Gasteiger partial charge in [0, 0.05) is 17.6 Å². The summed E-state index contributed by atoms with van der Waals surface area (Å²) in [5.74, 6) is -0.663. The molecule has 1 aromatic rings. The third kappa shape index (κ3) is 1.81. The number of hydrogen-bond donors (Lipinski definition) is 1. The summed E-state index contributed by atoms with van der Waals surface area (Å²) < 4.78 is 0. The largest absolute Gasteiger partial charge is 0.384 e. The number of Topliss-reactive ketones (excluding diaryl/α,β-unsaturated/α-hetero) is 1. The van der Waals surface area contributed by atoms with E-state index in [-0.39, 0.29) is 11.7 Å². The second-order valence-corrected chi connectivity index (χ2v) is 4.07. The van der Waals surface area contributed by atoms with Gasteiger partial charge in [0.1, 0.15) is 0 Å². The van der Waals surface area contributed by atoms with Gasteiger partial charge in [-0.1, -0.05) is 28.1 Å². The first kappa shape index (κ1) is 10.4. The van der Waals surface area contributed by atoms with Crippen LogP contribution in [0.25, 0.3) is 0 Å². The molecular formula is C11H10BrNO2. The van der Waals surface area contributed by atoms with Crippen molar-refractivity contribution in [1.82, 2.24) is 0 Å². The third-order valence-corrected chi connectivity index (χ3v) is 3.25. The van der Waals surface area contributed by atoms with Gasteiger partial charge < -0.3 is 5.32 Å². The first-order valence-electron chi connectivity index (χ1n) is 4.68. The second-order valence-electron chi connectivity index (χ2n) is 3.51. The SMILES string of the molecule is O=CC(=O)C1CNc2ccc(CBr)cc21. The van der Waals surface area contributed by atoms with Crippen LogP contribution < -0.4 is 5.32 Å². The number of hydrogen-bond acceptors (Lipinski definition) is 3. The third-order valence-electron chi connectivity index (χ3n) is 2.60. The van der Waals surface area contributed by atoms with Gasteiger partial charge in [0.15, 0.2) is 6.29 Å². The Morgan fingerprint density at radius 2 is 2.40 bits per heavy atom. The molecular weight excluding hydrogens is 258 g/mol. The molecule has 0 aromatic heterocycles. The predicted octanol–water partition coefficient (Wildman–Crippen LogP) is 1.86. The maximum atomic E-state index is 11.4. The number of aldehydes is 1. The summed E-state index contributed by atoms with van der Waals surface area (Å²) in [6.07, 6.45) is 0.405.